The van der Waals surface area contributed by atoms with Crippen LogP contribution in [0, 0.1) is 20.8 Å². The topological polar surface area (TPSA) is 48.7 Å². The Bertz CT molecular complexity index is 1060. The van der Waals surface area contributed by atoms with E-state index in [0.29, 0.717) is 29.4 Å². The molecule has 2 aromatic carbocycles. The summed E-state index contributed by atoms with van der Waals surface area (Å²) < 4.78 is 17.1. The second-order valence-corrected chi connectivity index (χ2v) is 6.76. The molecule has 0 saturated carbocycles. The van der Waals surface area contributed by atoms with Gasteiger partial charge in [-0.3, -0.25) is 4.79 Å². The summed E-state index contributed by atoms with van der Waals surface area (Å²) in [4.78, 5) is 12.5. The standard InChI is InChI=1S/C23H20O4/c1-14-4-5-15(2)17(10-14)13-25-18-8-9-20-21(11-18)27-22(23(20)24)12-19-7-6-16(3)26-19/h4-12H,13H2,1-3H3/b22-12-. The third-order valence-electron chi connectivity index (χ3n) is 4.57. The molecule has 0 unspecified atom stereocenters. The zero-order valence-electron chi connectivity index (χ0n) is 15.5. The molecule has 0 radical (unpaired) electrons. The molecule has 136 valence electrons. The lowest BCUT2D eigenvalue weighted by molar-refractivity contribution is 0.101. The number of aryl methyl sites for hydroxylation is 3. The summed E-state index contributed by atoms with van der Waals surface area (Å²) >= 11 is 0. The molecular weight excluding hydrogens is 340 g/mol. The Balaban J connectivity index is 1.52. The first kappa shape index (κ1) is 17.2. The SMILES string of the molecule is Cc1ccc(C)c(COc2ccc3c(c2)O/C(=C\c2ccc(C)o2)C3=O)c1. The smallest absolute Gasteiger partial charge is 0.232 e. The van der Waals surface area contributed by atoms with E-state index >= 15 is 0 Å². The fourth-order valence-electron chi connectivity index (χ4n) is 3.03. The van der Waals surface area contributed by atoms with Crippen molar-refractivity contribution in [2.75, 3.05) is 0 Å². The predicted octanol–water partition coefficient (Wildman–Crippen LogP) is 5.40. The van der Waals surface area contributed by atoms with Crippen LogP contribution in [0.1, 0.15) is 38.6 Å². The van der Waals surface area contributed by atoms with Crippen LogP contribution in [-0.4, -0.2) is 5.78 Å². The number of furan rings is 1. The number of fused-ring (bicyclic) bond motifs is 1. The summed E-state index contributed by atoms with van der Waals surface area (Å²) in [7, 11) is 0. The van der Waals surface area contributed by atoms with Crippen molar-refractivity contribution < 1.29 is 18.7 Å². The molecule has 0 spiro atoms. The number of ether oxygens (including phenoxy) is 2. The molecule has 4 nitrogen and oxygen atoms in total. The zero-order valence-corrected chi connectivity index (χ0v) is 15.5. The second-order valence-electron chi connectivity index (χ2n) is 6.76. The van der Waals surface area contributed by atoms with Gasteiger partial charge in [0, 0.05) is 12.1 Å². The highest BCUT2D eigenvalue weighted by molar-refractivity contribution is 6.14. The van der Waals surface area contributed by atoms with E-state index in [4.69, 9.17) is 13.9 Å². The van der Waals surface area contributed by atoms with Gasteiger partial charge in [0.1, 0.15) is 29.6 Å². The van der Waals surface area contributed by atoms with Gasteiger partial charge in [0.05, 0.1) is 5.56 Å². The van der Waals surface area contributed by atoms with Crippen LogP contribution in [0.2, 0.25) is 0 Å². The normalized spacial score (nSPS) is 14.3. The molecule has 0 aliphatic carbocycles. The van der Waals surface area contributed by atoms with Crippen LogP contribution in [0.4, 0.5) is 0 Å². The van der Waals surface area contributed by atoms with Gasteiger partial charge in [0.15, 0.2) is 5.76 Å². The molecule has 1 aliphatic heterocycles. The average Bonchev–Trinajstić information content (AvgIpc) is 3.19. The largest absolute Gasteiger partial charge is 0.489 e. The van der Waals surface area contributed by atoms with Crippen molar-refractivity contribution in [1.29, 1.82) is 0 Å². The minimum absolute atomic E-state index is 0.153. The monoisotopic (exact) mass is 360 g/mol. The highest BCUT2D eigenvalue weighted by atomic mass is 16.5. The maximum Gasteiger partial charge on any atom is 0.232 e. The Morgan fingerprint density at radius 3 is 2.63 bits per heavy atom. The van der Waals surface area contributed by atoms with Crippen molar-refractivity contribution in [1.82, 2.24) is 0 Å². The summed E-state index contributed by atoms with van der Waals surface area (Å²) in [6.07, 6.45) is 1.62. The van der Waals surface area contributed by atoms with Crippen molar-refractivity contribution >= 4 is 11.9 Å². The number of rotatable bonds is 4. The lowest BCUT2D eigenvalue weighted by atomic mass is 10.1. The third kappa shape index (κ3) is 3.51. The molecule has 0 fully saturated rings. The van der Waals surface area contributed by atoms with Crippen molar-refractivity contribution in [3.8, 4) is 11.5 Å². The molecule has 4 heteroatoms. The summed E-state index contributed by atoms with van der Waals surface area (Å²) in [5.41, 5.74) is 4.06. The fraction of sp³-hybridized carbons (Fsp3) is 0.174. The number of carbonyl (C=O) groups is 1. The minimum Gasteiger partial charge on any atom is -0.489 e. The fourth-order valence-corrected chi connectivity index (χ4v) is 3.03. The van der Waals surface area contributed by atoms with Gasteiger partial charge in [-0.15, -0.1) is 0 Å². The molecule has 0 saturated heterocycles. The van der Waals surface area contributed by atoms with Gasteiger partial charge in [0.25, 0.3) is 0 Å². The summed E-state index contributed by atoms with van der Waals surface area (Å²) in [6.45, 7) is 6.45. The summed E-state index contributed by atoms with van der Waals surface area (Å²) in [6, 6.07) is 15.2. The number of ketones is 1. The minimum atomic E-state index is -0.153. The Morgan fingerprint density at radius 2 is 1.85 bits per heavy atom. The molecule has 0 atom stereocenters. The number of hydrogen-bond acceptors (Lipinski definition) is 4. The van der Waals surface area contributed by atoms with Gasteiger partial charge in [-0.25, -0.2) is 0 Å². The lowest BCUT2D eigenvalue weighted by Crippen LogP contribution is -1.99. The van der Waals surface area contributed by atoms with E-state index in [1.807, 2.05) is 13.0 Å². The first-order valence-corrected chi connectivity index (χ1v) is 8.83. The van der Waals surface area contributed by atoms with Gasteiger partial charge in [-0.2, -0.15) is 0 Å². The van der Waals surface area contributed by atoms with E-state index in [9.17, 15) is 4.79 Å². The summed E-state index contributed by atoms with van der Waals surface area (Å²) in [5.74, 6) is 2.65. The van der Waals surface area contributed by atoms with Crippen LogP contribution in [0.25, 0.3) is 6.08 Å². The van der Waals surface area contributed by atoms with Crippen LogP contribution in [0.5, 0.6) is 11.5 Å². The predicted molar refractivity (Wildman–Crippen MR) is 103 cm³/mol. The Kier molecular flexibility index (Phi) is 4.32. The lowest BCUT2D eigenvalue weighted by Gasteiger charge is -2.10. The van der Waals surface area contributed by atoms with E-state index in [0.717, 1.165) is 11.3 Å². The summed E-state index contributed by atoms with van der Waals surface area (Å²) in [5, 5.41) is 0. The highest BCUT2D eigenvalue weighted by Crippen LogP contribution is 2.35. The third-order valence-corrected chi connectivity index (χ3v) is 4.57. The second kappa shape index (κ2) is 6.80. The Morgan fingerprint density at radius 1 is 1.00 bits per heavy atom. The van der Waals surface area contributed by atoms with Crippen molar-refractivity contribution in [3.63, 3.8) is 0 Å². The molecule has 0 bridgehead atoms. The molecule has 1 aromatic heterocycles. The Labute approximate surface area is 158 Å². The van der Waals surface area contributed by atoms with Gasteiger partial charge in [-0.1, -0.05) is 23.8 Å². The molecule has 4 rings (SSSR count). The van der Waals surface area contributed by atoms with Crippen molar-refractivity contribution in [3.05, 3.63) is 88.1 Å². The zero-order chi connectivity index (χ0) is 19.0. The molecule has 1 aliphatic rings. The van der Waals surface area contributed by atoms with Crippen molar-refractivity contribution in [2.24, 2.45) is 0 Å². The van der Waals surface area contributed by atoms with E-state index in [2.05, 4.69) is 32.0 Å². The van der Waals surface area contributed by atoms with Crippen LogP contribution in [0.15, 0.2) is 58.7 Å². The van der Waals surface area contributed by atoms with E-state index in [-0.39, 0.29) is 11.5 Å². The number of Topliss-reactive ketones (excluding diaryl/α,β-unsaturated/α-hetero) is 1. The highest BCUT2D eigenvalue weighted by Gasteiger charge is 2.28. The molecule has 0 N–H and O–H groups in total. The number of carbonyl (C=O) groups excluding carboxylic acids is 1. The maximum atomic E-state index is 12.5. The van der Waals surface area contributed by atoms with Gasteiger partial charge >= 0.3 is 0 Å². The van der Waals surface area contributed by atoms with Crippen LogP contribution in [-0.2, 0) is 6.61 Å². The number of hydrogen-bond donors (Lipinski definition) is 0. The number of allylic oxidation sites excluding steroid dienone is 1. The molecule has 0 amide bonds. The Hall–Kier alpha value is -3.27. The average molecular weight is 360 g/mol. The van der Waals surface area contributed by atoms with Crippen LogP contribution in [0.3, 0.4) is 0 Å². The van der Waals surface area contributed by atoms with E-state index < -0.39 is 0 Å². The molecule has 2 heterocycles. The van der Waals surface area contributed by atoms with E-state index in [1.165, 1.54) is 11.1 Å². The van der Waals surface area contributed by atoms with Gasteiger partial charge in [-0.05, 0) is 56.2 Å². The van der Waals surface area contributed by atoms with Gasteiger partial charge in [0.2, 0.25) is 5.78 Å². The van der Waals surface area contributed by atoms with E-state index in [1.54, 1.807) is 30.3 Å². The maximum absolute atomic E-state index is 12.5. The number of benzene rings is 2. The molecular formula is C23H20O4. The molecule has 27 heavy (non-hydrogen) atoms. The quantitative estimate of drug-likeness (QED) is 0.585. The van der Waals surface area contributed by atoms with Crippen LogP contribution < -0.4 is 9.47 Å². The molecule has 3 aromatic rings. The van der Waals surface area contributed by atoms with Gasteiger partial charge < -0.3 is 13.9 Å². The van der Waals surface area contributed by atoms with Crippen molar-refractivity contribution in [2.45, 2.75) is 27.4 Å². The first-order valence-electron chi connectivity index (χ1n) is 8.83. The first-order chi connectivity index (χ1) is 13.0. The van der Waals surface area contributed by atoms with Crippen LogP contribution >= 0.6 is 0 Å².